The van der Waals surface area contributed by atoms with Crippen LogP contribution < -0.4 is 15.5 Å². The van der Waals surface area contributed by atoms with Crippen LogP contribution in [0.2, 0.25) is 0 Å². The molecule has 1 aliphatic heterocycles. The van der Waals surface area contributed by atoms with Crippen LogP contribution in [0.15, 0.2) is 53.4 Å². The molecule has 0 saturated carbocycles. The first-order valence-electron chi connectivity index (χ1n) is 11.3. The molecule has 1 saturated heterocycles. The number of rotatable bonds is 9. The minimum absolute atomic E-state index is 0.0273. The second kappa shape index (κ2) is 11.6. The summed E-state index contributed by atoms with van der Waals surface area (Å²) in [7, 11) is -3.82. The second-order valence-corrected chi connectivity index (χ2v) is 10.1. The zero-order chi connectivity index (χ0) is 26.3. The van der Waals surface area contributed by atoms with Crippen LogP contribution in [0.25, 0.3) is 0 Å². The van der Waals surface area contributed by atoms with Crippen molar-refractivity contribution in [2.45, 2.75) is 30.3 Å². The van der Waals surface area contributed by atoms with Crippen LogP contribution in [0.1, 0.15) is 24.8 Å². The van der Waals surface area contributed by atoms with Gasteiger partial charge in [0.05, 0.1) is 10.5 Å². The van der Waals surface area contributed by atoms with Crippen molar-refractivity contribution in [2.75, 3.05) is 42.9 Å². The topological polar surface area (TPSA) is 119 Å². The van der Waals surface area contributed by atoms with Gasteiger partial charge in [0.1, 0.15) is 0 Å². The Labute approximate surface area is 206 Å². The SMILES string of the molecule is O=C(O)CCCCNC(=O)Nc1ccc(S(=O)(=O)N2CCN(c3cccc(C(F)(F)F)c3)CC2)cc1. The van der Waals surface area contributed by atoms with Crippen molar-refractivity contribution >= 4 is 33.4 Å². The third-order valence-corrected chi connectivity index (χ3v) is 7.54. The number of aliphatic carboxylic acids is 1. The smallest absolute Gasteiger partial charge is 0.416 e. The fraction of sp³-hybridized carbons (Fsp3) is 0.391. The maximum Gasteiger partial charge on any atom is 0.416 e. The Morgan fingerprint density at radius 3 is 2.25 bits per heavy atom. The van der Waals surface area contributed by atoms with E-state index in [0.717, 1.165) is 12.1 Å². The number of unbranched alkanes of at least 4 members (excludes halogenated alkanes) is 1. The maximum absolute atomic E-state index is 13.0. The van der Waals surface area contributed by atoms with E-state index < -0.39 is 33.8 Å². The van der Waals surface area contributed by atoms with E-state index in [1.54, 1.807) is 11.0 Å². The van der Waals surface area contributed by atoms with Gasteiger partial charge in [0, 0.05) is 50.5 Å². The fourth-order valence-corrected chi connectivity index (χ4v) is 5.13. The Bertz CT molecular complexity index is 1170. The number of nitrogens with one attached hydrogen (secondary N) is 2. The molecule has 3 N–H and O–H groups in total. The van der Waals surface area contributed by atoms with Crippen molar-refractivity contribution < 1.29 is 36.3 Å². The van der Waals surface area contributed by atoms with Crippen LogP contribution >= 0.6 is 0 Å². The van der Waals surface area contributed by atoms with Gasteiger partial charge in [0.2, 0.25) is 10.0 Å². The van der Waals surface area contributed by atoms with E-state index >= 15 is 0 Å². The Balaban J connectivity index is 1.53. The molecule has 2 aromatic rings. The third-order valence-electron chi connectivity index (χ3n) is 5.63. The first-order chi connectivity index (χ1) is 17.0. The van der Waals surface area contributed by atoms with Crippen molar-refractivity contribution in [1.82, 2.24) is 9.62 Å². The number of piperazine rings is 1. The highest BCUT2D eigenvalue weighted by molar-refractivity contribution is 7.89. The number of benzene rings is 2. The van der Waals surface area contributed by atoms with Gasteiger partial charge in [0.15, 0.2) is 0 Å². The van der Waals surface area contributed by atoms with Crippen molar-refractivity contribution in [3.63, 3.8) is 0 Å². The summed E-state index contributed by atoms with van der Waals surface area (Å²) in [4.78, 5) is 24.2. The molecule has 2 amide bonds. The quantitative estimate of drug-likeness (QED) is 0.428. The lowest BCUT2D eigenvalue weighted by Crippen LogP contribution is -2.48. The maximum atomic E-state index is 13.0. The van der Waals surface area contributed by atoms with Crippen LogP contribution in [0, 0.1) is 0 Å². The number of nitrogens with zero attached hydrogens (tertiary/aromatic N) is 2. The van der Waals surface area contributed by atoms with E-state index in [1.165, 1.54) is 34.6 Å². The van der Waals surface area contributed by atoms with E-state index in [2.05, 4.69) is 10.6 Å². The van der Waals surface area contributed by atoms with Gasteiger partial charge in [-0.25, -0.2) is 13.2 Å². The molecule has 9 nitrogen and oxygen atoms in total. The molecule has 196 valence electrons. The van der Waals surface area contributed by atoms with Crippen LogP contribution in [0.5, 0.6) is 0 Å². The number of sulfonamides is 1. The summed E-state index contributed by atoms with van der Waals surface area (Å²) < 4.78 is 66.3. The molecular formula is C23H27F3N4O5S. The lowest BCUT2D eigenvalue weighted by Gasteiger charge is -2.35. The number of alkyl halides is 3. The molecule has 1 heterocycles. The predicted molar refractivity (Wildman–Crippen MR) is 127 cm³/mol. The van der Waals surface area contributed by atoms with Gasteiger partial charge in [-0.1, -0.05) is 6.07 Å². The van der Waals surface area contributed by atoms with Crippen LogP contribution in [0.3, 0.4) is 0 Å². The molecule has 36 heavy (non-hydrogen) atoms. The average molecular weight is 529 g/mol. The van der Waals surface area contributed by atoms with E-state index in [0.29, 0.717) is 30.8 Å². The van der Waals surface area contributed by atoms with Crippen LogP contribution in [-0.4, -0.2) is 62.6 Å². The minimum atomic E-state index is -4.45. The lowest BCUT2D eigenvalue weighted by molar-refractivity contribution is -0.138. The van der Waals surface area contributed by atoms with E-state index in [-0.39, 0.29) is 37.5 Å². The number of hydrogen-bond acceptors (Lipinski definition) is 5. The molecule has 2 aromatic carbocycles. The molecule has 0 unspecified atom stereocenters. The van der Waals surface area contributed by atoms with Crippen LogP contribution in [0.4, 0.5) is 29.3 Å². The molecule has 0 aromatic heterocycles. The van der Waals surface area contributed by atoms with Crippen molar-refractivity contribution in [2.24, 2.45) is 0 Å². The first-order valence-corrected chi connectivity index (χ1v) is 12.7. The Morgan fingerprint density at radius 1 is 0.972 bits per heavy atom. The van der Waals surface area contributed by atoms with Gasteiger partial charge < -0.3 is 20.6 Å². The van der Waals surface area contributed by atoms with Gasteiger partial charge in [0.25, 0.3) is 0 Å². The number of anilines is 2. The first kappa shape index (κ1) is 27.3. The van der Waals surface area contributed by atoms with E-state index in [4.69, 9.17) is 5.11 Å². The van der Waals surface area contributed by atoms with Gasteiger partial charge in [-0.3, -0.25) is 4.79 Å². The fourth-order valence-electron chi connectivity index (χ4n) is 3.70. The average Bonchev–Trinajstić information content (AvgIpc) is 2.83. The normalized spacial score (nSPS) is 14.9. The molecule has 0 radical (unpaired) electrons. The largest absolute Gasteiger partial charge is 0.481 e. The highest BCUT2D eigenvalue weighted by Crippen LogP contribution is 2.32. The minimum Gasteiger partial charge on any atom is -0.481 e. The molecular weight excluding hydrogens is 501 g/mol. The Kier molecular flexibility index (Phi) is 8.79. The highest BCUT2D eigenvalue weighted by atomic mass is 32.2. The van der Waals surface area contributed by atoms with Crippen molar-refractivity contribution in [1.29, 1.82) is 0 Å². The molecule has 13 heteroatoms. The summed E-state index contributed by atoms with van der Waals surface area (Å²) >= 11 is 0. The van der Waals surface area contributed by atoms with E-state index in [9.17, 15) is 31.2 Å². The summed E-state index contributed by atoms with van der Waals surface area (Å²) in [6.07, 6.45) is -3.47. The zero-order valence-corrected chi connectivity index (χ0v) is 20.1. The number of urea groups is 1. The molecule has 0 bridgehead atoms. The molecule has 3 rings (SSSR count). The molecule has 0 aliphatic carbocycles. The predicted octanol–water partition coefficient (Wildman–Crippen LogP) is 3.59. The number of amides is 2. The summed E-state index contributed by atoms with van der Waals surface area (Å²) in [6, 6.07) is 10.1. The molecule has 1 fully saturated rings. The summed E-state index contributed by atoms with van der Waals surface area (Å²) in [5, 5.41) is 13.8. The standard InChI is InChI=1S/C23H27F3N4O5S/c24-23(25,26)17-4-3-5-19(16-17)29-12-14-30(15-13-29)36(34,35)20-9-7-18(8-10-20)28-22(33)27-11-2-1-6-21(31)32/h3-5,7-10,16H,1-2,6,11-15H2,(H,31,32)(H2,27,28,33). The van der Waals surface area contributed by atoms with Gasteiger partial charge >= 0.3 is 18.2 Å². The third kappa shape index (κ3) is 7.34. The Morgan fingerprint density at radius 2 is 1.64 bits per heavy atom. The Hall–Kier alpha value is -3.32. The summed E-state index contributed by atoms with van der Waals surface area (Å²) in [5.74, 6) is -0.896. The number of halogens is 3. The second-order valence-electron chi connectivity index (χ2n) is 8.20. The molecule has 0 atom stereocenters. The lowest BCUT2D eigenvalue weighted by atomic mass is 10.1. The number of carboxylic acid groups (broad SMARTS) is 1. The zero-order valence-electron chi connectivity index (χ0n) is 19.3. The molecule has 0 spiro atoms. The van der Waals surface area contributed by atoms with Gasteiger partial charge in [-0.15, -0.1) is 0 Å². The number of hydrogen-bond donors (Lipinski definition) is 3. The van der Waals surface area contributed by atoms with Gasteiger partial charge in [-0.05, 0) is 55.3 Å². The summed E-state index contributed by atoms with van der Waals surface area (Å²) in [5.41, 5.74) is 0.0134. The summed E-state index contributed by atoms with van der Waals surface area (Å²) in [6.45, 7) is 1.02. The van der Waals surface area contributed by atoms with Gasteiger partial charge in [-0.2, -0.15) is 17.5 Å². The monoisotopic (exact) mass is 528 g/mol. The molecule has 1 aliphatic rings. The van der Waals surface area contributed by atoms with E-state index in [1.807, 2.05) is 0 Å². The number of carbonyl (C=O) groups excluding carboxylic acids is 1. The number of carbonyl (C=O) groups is 2. The number of carboxylic acids is 1. The van der Waals surface area contributed by atoms with Crippen molar-refractivity contribution in [3.05, 3.63) is 54.1 Å². The van der Waals surface area contributed by atoms with Crippen LogP contribution in [-0.2, 0) is 21.0 Å². The van der Waals surface area contributed by atoms with Crippen molar-refractivity contribution in [3.8, 4) is 0 Å². The highest BCUT2D eigenvalue weighted by Gasteiger charge is 2.32.